The van der Waals surface area contributed by atoms with Crippen LogP contribution in [-0.2, 0) is 0 Å². The van der Waals surface area contributed by atoms with Crippen LogP contribution in [-0.4, -0.2) is 12.5 Å². The van der Waals surface area contributed by atoms with Gasteiger partial charge in [0.05, 0.1) is 7.11 Å². The molecule has 0 bridgehead atoms. The Morgan fingerprint density at radius 3 is 2.61 bits per heavy atom. The first-order chi connectivity index (χ1) is 8.61. The summed E-state index contributed by atoms with van der Waals surface area (Å²) in [5, 5.41) is 0.322. The molecule has 1 fully saturated rings. The summed E-state index contributed by atoms with van der Waals surface area (Å²) in [6, 6.07) is 4.41. The molecule has 0 N–H and O–H groups in total. The normalized spacial score (nSPS) is 24.7. The lowest BCUT2D eigenvalue weighted by atomic mass is 9.87. The van der Waals surface area contributed by atoms with E-state index in [0.717, 1.165) is 18.6 Å². The number of rotatable bonds is 2. The van der Waals surface area contributed by atoms with E-state index >= 15 is 0 Å². The lowest BCUT2D eigenvalue weighted by Crippen LogP contribution is -2.08. The van der Waals surface area contributed by atoms with Gasteiger partial charge in [-0.1, -0.05) is 18.9 Å². The standard InChI is InChI=1S/C16H23ClO/c1-11-8-12(2)16(15(9-11)18-3)13-6-4-5-7-14(17)10-13/h8-9,13-14H,4-7,10H2,1-3H3. The summed E-state index contributed by atoms with van der Waals surface area (Å²) < 4.78 is 5.59. The highest BCUT2D eigenvalue weighted by Gasteiger charge is 2.24. The van der Waals surface area contributed by atoms with E-state index in [2.05, 4.69) is 26.0 Å². The van der Waals surface area contributed by atoms with Crippen molar-refractivity contribution in [3.05, 3.63) is 28.8 Å². The van der Waals surface area contributed by atoms with Crippen LogP contribution in [0, 0.1) is 13.8 Å². The van der Waals surface area contributed by atoms with Crippen molar-refractivity contribution in [1.29, 1.82) is 0 Å². The highest BCUT2D eigenvalue weighted by molar-refractivity contribution is 6.20. The first-order valence-electron chi connectivity index (χ1n) is 6.91. The van der Waals surface area contributed by atoms with E-state index < -0.39 is 0 Å². The number of alkyl halides is 1. The molecule has 2 atom stereocenters. The summed E-state index contributed by atoms with van der Waals surface area (Å²) in [6.07, 6.45) is 6.03. The van der Waals surface area contributed by atoms with E-state index in [1.165, 1.54) is 36.0 Å². The Balaban J connectivity index is 2.36. The number of benzene rings is 1. The Labute approximate surface area is 115 Å². The molecule has 0 aliphatic heterocycles. The average Bonchev–Trinajstić information content (AvgIpc) is 2.52. The Morgan fingerprint density at radius 1 is 1.17 bits per heavy atom. The van der Waals surface area contributed by atoms with Crippen LogP contribution in [0.5, 0.6) is 5.75 Å². The Morgan fingerprint density at radius 2 is 1.89 bits per heavy atom. The average molecular weight is 267 g/mol. The maximum absolute atomic E-state index is 6.40. The van der Waals surface area contributed by atoms with E-state index in [1.54, 1.807) is 7.11 Å². The highest BCUT2D eigenvalue weighted by Crippen LogP contribution is 2.40. The van der Waals surface area contributed by atoms with Crippen LogP contribution in [0.1, 0.15) is 54.7 Å². The molecule has 0 spiro atoms. The first kappa shape index (κ1) is 13.7. The molecule has 1 nitrogen and oxygen atoms in total. The molecule has 2 unspecified atom stereocenters. The first-order valence-corrected chi connectivity index (χ1v) is 7.34. The van der Waals surface area contributed by atoms with E-state index in [9.17, 15) is 0 Å². The molecule has 1 aromatic carbocycles. The van der Waals surface area contributed by atoms with Crippen LogP contribution >= 0.6 is 11.6 Å². The van der Waals surface area contributed by atoms with E-state index in [4.69, 9.17) is 16.3 Å². The summed E-state index contributed by atoms with van der Waals surface area (Å²) >= 11 is 6.40. The third-order valence-corrected chi connectivity index (χ3v) is 4.38. The van der Waals surface area contributed by atoms with Crippen molar-refractivity contribution in [2.24, 2.45) is 0 Å². The van der Waals surface area contributed by atoms with Gasteiger partial charge in [-0.15, -0.1) is 11.6 Å². The summed E-state index contributed by atoms with van der Waals surface area (Å²) in [5.74, 6) is 1.61. The molecule has 1 aromatic rings. The highest BCUT2D eigenvalue weighted by atomic mass is 35.5. The van der Waals surface area contributed by atoms with Crippen LogP contribution in [0.2, 0.25) is 0 Å². The Hall–Kier alpha value is -0.690. The second-order valence-corrected chi connectivity index (χ2v) is 6.13. The quantitative estimate of drug-likeness (QED) is 0.543. The van der Waals surface area contributed by atoms with E-state index in [0.29, 0.717) is 11.3 Å². The van der Waals surface area contributed by atoms with Crippen LogP contribution in [0.15, 0.2) is 12.1 Å². The van der Waals surface area contributed by atoms with Gasteiger partial charge in [-0.05, 0) is 56.2 Å². The third kappa shape index (κ3) is 3.00. The summed E-state index contributed by atoms with van der Waals surface area (Å²) in [5.41, 5.74) is 4.00. The monoisotopic (exact) mass is 266 g/mol. The Bertz CT molecular complexity index is 414. The zero-order chi connectivity index (χ0) is 13.1. The van der Waals surface area contributed by atoms with Gasteiger partial charge in [0.2, 0.25) is 0 Å². The smallest absolute Gasteiger partial charge is 0.122 e. The van der Waals surface area contributed by atoms with E-state index in [1.807, 2.05) is 0 Å². The predicted molar refractivity (Wildman–Crippen MR) is 77.9 cm³/mol. The lowest BCUT2D eigenvalue weighted by Gasteiger charge is -2.22. The van der Waals surface area contributed by atoms with Crippen LogP contribution in [0.4, 0.5) is 0 Å². The van der Waals surface area contributed by atoms with Crippen molar-refractivity contribution in [2.75, 3.05) is 7.11 Å². The maximum atomic E-state index is 6.40. The molecule has 1 aliphatic carbocycles. The molecule has 1 saturated carbocycles. The van der Waals surface area contributed by atoms with Gasteiger partial charge in [0.1, 0.15) is 5.75 Å². The summed E-state index contributed by atoms with van der Waals surface area (Å²) in [7, 11) is 1.77. The topological polar surface area (TPSA) is 9.23 Å². The minimum atomic E-state index is 0.322. The zero-order valence-corrected chi connectivity index (χ0v) is 12.4. The van der Waals surface area contributed by atoms with Gasteiger partial charge in [0.25, 0.3) is 0 Å². The second kappa shape index (κ2) is 5.97. The number of aryl methyl sites for hydroxylation is 2. The minimum Gasteiger partial charge on any atom is -0.496 e. The number of hydrogen-bond acceptors (Lipinski definition) is 1. The molecular formula is C16H23ClO. The maximum Gasteiger partial charge on any atom is 0.122 e. The van der Waals surface area contributed by atoms with Crippen molar-refractivity contribution < 1.29 is 4.74 Å². The van der Waals surface area contributed by atoms with Crippen LogP contribution in [0.25, 0.3) is 0 Å². The summed E-state index contributed by atoms with van der Waals surface area (Å²) in [6.45, 7) is 4.32. The van der Waals surface area contributed by atoms with Gasteiger partial charge in [-0.2, -0.15) is 0 Å². The molecule has 2 rings (SSSR count). The number of methoxy groups -OCH3 is 1. The SMILES string of the molecule is COc1cc(C)cc(C)c1C1CCCCC(Cl)C1. The van der Waals surface area contributed by atoms with Gasteiger partial charge in [-0.3, -0.25) is 0 Å². The Kier molecular flexibility index (Phi) is 4.55. The molecule has 0 aromatic heterocycles. The molecule has 1 aliphatic rings. The number of halogens is 1. The molecule has 0 saturated heterocycles. The fourth-order valence-corrected chi connectivity index (χ4v) is 3.56. The zero-order valence-electron chi connectivity index (χ0n) is 11.6. The molecule has 0 heterocycles. The lowest BCUT2D eigenvalue weighted by molar-refractivity contribution is 0.401. The van der Waals surface area contributed by atoms with Crippen molar-refractivity contribution >= 4 is 11.6 Å². The third-order valence-electron chi connectivity index (χ3n) is 3.98. The van der Waals surface area contributed by atoms with E-state index in [-0.39, 0.29) is 0 Å². The van der Waals surface area contributed by atoms with Crippen molar-refractivity contribution in [1.82, 2.24) is 0 Å². The molecule has 2 heteroatoms. The van der Waals surface area contributed by atoms with Crippen molar-refractivity contribution in [2.45, 2.75) is 57.2 Å². The fourth-order valence-electron chi connectivity index (χ4n) is 3.20. The molecule has 0 amide bonds. The van der Waals surface area contributed by atoms with Gasteiger partial charge in [-0.25, -0.2) is 0 Å². The largest absolute Gasteiger partial charge is 0.496 e. The van der Waals surface area contributed by atoms with Crippen LogP contribution in [0.3, 0.4) is 0 Å². The van der Waals surface area contributed by atoms with Gasteiger partial charge in [0, 0.05) is 10.9 Å². The predicted octanol–water partition coefficient (Wildman–Crippen LogP) is 4.97. The van der Waals surface area contributed by atoms with Gasteiger partial charge >= 0.3 is 0 Å². The van der Waals surface area contributed by atoms with Crippen molar-refractivity contribution in [3.63, 3.8) is 0 Å². The van der Waals surface area contributed by atoms with Crippen LogP contribution < -0.4 is 4.74 Å². The molecule has 18 heavy (non-hydrogen) atoms. The number of hydrogen-bond donors (Lipinski definition) is 0. The minimum absolute atomic E-state index is 0.322. The molecule has 100 valence electrons. The fraction of sp³-hybridized carbons (Fsp3) is 0.625. The van der Waals surface area contributed by atoms with Gasteiger partial charge < -0.3 is 4.74 Å². The number of ether oxygens (including phenoxy) is 1. The summed E-state index contributed by atoms with van der Waals surface area (Å²) in [4.78, 5) is 0. The molecular weight excluding hydrogens is 244 g/mol. The molecule has 0 radical (unpaired) electrons. The second-order valence-electron chi connectivity index (χ2n) is 5.51. The van der Waals surface area contributed by atoms with Gasteiger partial charge in [0.15, 0.2) is 0 Å². The van der Waals surface area contributed by atoms with Crippen molar-refractivity contribution in [3.8, 4) is 5.75 Å².